The minimum Gasteiger partial charge on any atom is -0.341 e. The molecule has 0 fully saturated rings. The molecule has 3 aromatic rings. The van der Waals surface area contributed by atoms with E-state index in [1.165, 1.54) is 6.07 Å². The van der Waals surface area contributed by atoms with Crippen molar-refractivity contribution in [3.63, 3.8) is 0 Å². The minimum absolute atomic E-state index is 0.00696. The van der Waals surface area contributed by atoms with E-state index in [4.69, 9.17) is 11.6 Å². The molecule has 1 aromatic heterocycles. The maximum atomic E-state index is 13.7. The lowest BCUT2D eigenvalue weighted by atomic mass is 10.2. The molecule has 2 aromatic carbocycles. The van der Waals surface area contributed by atoms with Crippen LogP contribution >= 0.6 is 11.6 Å². The molecule has 3 rings (SSSR count). The van der Waals surface area contributed by atoms with Gasteiger partial charge in [0.05, 0.1) is 17.1 Å². The summed E-state index contributed by atoms with van der Waals surface area (Å²) in [6.07, 6.45) is 0. The SMILES string of the molecule is CC(NCc1ccc(Cl)cc1F)c1nc2ccccc2[nH]1. The third kappa shape index (κ3) is 3.06. The second-order valence-electron chi connectivity index (χ2n) is 4.98. The topological polar surface area (TPSA) is 40.7 Å². The highest BCUT2D eigenvalue weighted by atomic mass is 35.5. The van der Waals surface area contributed by atoms with Crippen LogP contribution in [0.5, 0.6) is 0 Å². The summed E-state index contributed by atoms with van der Waals surface area (Å²) >= 11 is 5.75. The molecular formula is C16H15ClFN3. The number of fused-ring (bicyclic) bond motifs is 1. The van der Waals surface area contributed by atoms with Gasteiger partial charge in [-0.25, -0.2) is 9.37 Å². The summed E-state index contributed by atoms with van der Waals surface area (Å²) in [5.41, 5.74) is 2.51. The second-order valence-corrected chi connectivity index (χ2v) is 5.41. The van der Waals surface area contributed by atoms with Crippen molar-refractivity contribution < 1.29 is 4.39 Å². The first-order valence-corrected chi connectivity index (χ1v) is 7.13. The molecule has 1 heterocycles. The molecule has 0 aliphatic heterocycles. The molecule has 0 aliphatic carbocycles. The number of imidazole rings is 1. The zero-order chi connectivity index (χ0) is 14.8. The molecule has 0 aliphatic rings. The number of benzene rings is 2. The number of aromatic amines is 1. The zero-order valence-corrected chi connectivity index (χ0v) is 12.3. The van der Waals surface area contributed by atoms with E-state index in [2.05, 4.69) is 15.3 Å². The van der Waals surface area contributed by atoms with E-state index in [9.17, 15) is 4.39 Å². The van der Waals surface area contributed by atoms with E-state index < -0.39 is 0 Å². The van der Waals surface area contributed by atoms with Gasteiger partial charge in [0.25, 0.3) is 0 Å². The van der Waals surface area contributed by atoms with E-state index in [1.54, 1.807) is 12.1 Å². The number of para-hydroxylation sites is 2. The van der Waals surface area contributed by atoms with Crippen molar-refractivity contribution in [1.82, 2.24) is 15.3 Å². The molecule has 0 amide bonds. The van der Waals surface area contributed by atoms with Crippen LogP contribution in [0.1, 0.15) is 24.4 Å². The van der Waals surface area contributed by atoms with Gasteiger partial charge in [-0.2, -0.15) is 0 Å². The van der Waals surface area contributed by atoms with E-state index in [-0.39, 0.29) is 11.9 Å². The lowest BCUT2D eigenvalue weighted by Crippen LogP contribution is -2.19. The normalized spacial score (nSPS) is 12.7. The summed E-state index contributed by atoms with van der Waals surface area (Å²) in [6.45, 7) is 2.41. The Morgan fingerprint density at radius 2 is 2.10 bits per heavy atom. The Kier molecular flexibility index (Phi) is 3.90. The van der Waals surface area contributed by atoms with Gasteiger partial charge in [0.1, 0.15) is 11.6 Å². The molecule has 0 saturated heterocycles. The Hall–Kier alpha value is -1.91. The Morgan fingerprint density at radius 3 is 2.86 bits per heavy atom. The lowest BCUT2D eigenvalue weighted by Gasteiger charge is -2.12. The van der Waals surface area contributed by atoms with Crippen LogP contribution < -0.4 is 5.32 Å². The van der Waals surface area contributed by atoms with Gasteiger partial charge in [0.2, 0.25) is 0 Å². The van der Waals surface area contributed by atoms with Crippen LogP contribution in [0.15, 0.2) is 42.5 Å². The number of halogens is 2. The number of H-pyrrole nitrogens is 1. The fraction of sp³-hybridized carbons (Fsp3) is 0.188. The van der Waals surface area contributed by atoms with Gasteiger partial charge in [-0.1, -0.05) is 29.8 Å². The fourth-order valence-electron chi connectivity index (χ4n) is 2.20. The van der Waals surface area contributed by atoms with Crippen LogP contribution in [0.4, 0.5) is 4.39 Å². The van der Waals surface area contributed by atoms with Gasteiger partial charge in [-0.15, -0.1) is 0 Å². The van der Waals surface area contributed by atoms with Crippen molar-refractivity contribution in [2.24, 2.45) is 0 Å². The Bertz CT molecular complexity index is 736. The molecule has 0 spiro atoms. The second kappa shape index (κ2) is 5.84. The molecule has 1 atom stereocenters. The molecule has 0 bridgehead atoms. The van der Waals surface area contributed by atoms with Gasteiger partial charge in [-0.05, 0) is 31.2 Å². The number of nitrogens with one attached hydrogen (secondary N) is 2. The van der Waals surface area contributed by atoms with E-state index in [1.807, 2.05) is 31.2 Å². The van der Waals surface area contributed by atoms with Crippen LogP contribution in [0.3, 0.4) is 0 Å². The highest BCUT2D eigenvalue weighted by Gasteiger charge is 2.11. The van der Waals surface area contributed by atoms with Gasteiger partial charge in [-0.3, -0.25) is 0 Å². The molecule has 2 N–H and O–H groups in total. The van der Waals surface area contributed by atoms with E-state index in [0.717, 1.165) is 16.9 Å². The minimum atomic E-state index is -0.299. The Labute approximate surface area is 127 Å². The summed E-state index contributed by atoms with van der Waals surface area (Å²) in [7, 11) is 0. The quantitative estimate of drug-likeness (QED) is 0.758. The average Bonchev–Trinajstić information content (AvgIpc) is 2.90. The van der Waals surface area contributed by atoms with Crippen LogP contribution in [0.2, 0.25) is 5.02 Å². The molecular weight excluding hydrogens is 289 g/mol. The fourth-order valence-corrected chi connectivity index (χ4v) is 2.36. The third-order valence-electron chi connectivity index (χ3n) is 3.43. The highest BCUT2D eigenvalue weighted by Crippen LogP contribution is 2.18. The van der Waals surface area contributed by atoms with Gasteiger partial charge < -0.3 is 10.3 Å². The van der Waals surface area contributed by atoms with E-state index >= 15 is 0 Å². The van der Waals surface area contributed by atoms with Crippen molar-refractivity contribution in [2.45, 2.75) is 19.5 Å². The maximum absolute atomic E-state index is 13.7. The van der Waals surface area contributed by atoms with Crippen molar-refractivity contribution in [2.75, 3.05) is 0 Å². The molecule has 0 saturated carbocycles. The summed E-state index contributed by atoms with van der Waals surface area (Å²) in [5.74, 6) is 0.539. The molecule has 0 radical (unpaired) electrons. The highest BCUT2D eigenvalue weighted by molar-refractivity contribution is 6.30. The summed E-state index contributed by atoms with van der Waals surface area (Å²) < 4.78 is 13.7. The smallest absolute Gasteiger partial charge is 0.129 e. The van der Waals surface area contributed by atoms with Crippen LogP contribution in [-0.2, 0) is 6.54 Å². The molecule has 3 nitrogen and oxygen atoms in total. The van der Waals surface area contributed by atoms with Crippen LogP contribution in [-0.4, -0.2) is 9.97 Å². The van der Waals surface area contributed by atoms with E-state index in [0.29, 0.717) is 17.1 Å². The lowest BCUT2D eigenvalue weighted by molar-refractivity contribution is 0.530. The van der Waals surface area contributed by atoms with Gasteiger partial charge in [0.15, 0.2) is 0 Å². The predicted octanol–water partition coefficient (Wildman–Crippen LogP) is 4.21. The average molecular weight is 304 g/mol. The van der Waals surface area contributed by atoms with Crippen LogP contribution in [0, 0.1) is 5.82 Å². The largest absolute Gasteiger partial charge is 0.341 e. The molecule has 21 heavy (non-hydrogen) atoms. The van der Waals surface area contributed by atoms with Gasteiger partial charge >= 0.3 is 0 Å². The first-order chi connectivity index (χ1) is 10.1. The van der Waals surface area contributed by atoms with Crippen molar-refractivity contribution >= 4 is 22.6 Å². The molecule has 5 heteroatoms. The number of rotatable bonds is 4. The summed E-state index contributed by atoms with van der Waals surface area (Å²) in [5, 5.41) is 3.66. The first-order valence-electron chi connectivity index (χ1n) is 6.75. The summed E-state index contributed by atoms with van der Waals surface area (Å²) in [6, 6.07) is 12.6. The number of nitrogens with zero attached hydrogens (tertiary/aromatic N) is 1. The maximum Gasteiger partial charge on any atom is 0.129 e. The number of aromatic nitrogens is 2. The summed E-state index contributed by atoms with van der Waals surface area (Å²) in [4.78, 5) is 7.80. The number of hydrogen-bond acceptors (Lipinski definition) is 2. The zero-order valence-electron chi connectivity index (χ0n) is 11.5. The van der Waals surface area contributed by atoms with Crippen molar-refractivity contribution in [3.05, 3.63) is 64.7 Å². The first kappa shape index (κ1) is 14.0. The third-order valence-corrected chi connectivity index (χ3v) is 3.67. The van der Waals surface area contributed by atoms with Gasteiger partial charge in [0, 0.05) is 17.1 Å². The monoisotopic (exact) mass is 303 g/mol. The molecule has 1 unspecified atom stereocenters. The Morgan fingerprint density at radius 1 is 1.29 bits per heavy atom. The molecule has 108 valence electrons. The standard InChI is InChI=1S/C16H15ClFN3/c1-10(16-20-14-4-2-3-5-15(14)21-16)19-9-11-6-7-12(17)8-13(11)18/h2-8,10,19H,9H2,1H3,(H,20,21). The Balaban J connectivity index is 1.72. The van der Waals surface area contributed by atoms with Crippen molar-refractivity contribution in [1.29, 1.82) is 0 Å². The predicted molar refractivity (Wildman–Crippen MR) is 82.8 cm³/mol. The van der Waals surface area contributed by atoms with Crippen LogP contribution in [0.25, 0.3) is 11.0 Å². The number of hydrogen-bond donors (Lipinski definition) is 2. The van der Waals surface area contributed by atoms with Crippen molar-refractivity contribution in [3.8, 4) is 0 Å².